The normalized spacial score (nSPS) is 20.7. The zero-order valence-electron chi connectivity index (χ0n) is 17.6. The van der Waals surface area contributed by atoms with E-state index < -0.39 is 15.8 Å². The van der Waals surface area contributed by atoms with Crippen molar-refractivity contribution in [1.29, 1.82) is 0 Å². The molecule has 30 heavy (non-hydrogen) atoms. The summed E-state index contributed by atoms with van der Waals surface area (Å²) in [6.45, 7) is 3.43. The highest BCUT2D eigenvalue weighted by atomic mass is 32.2. The maximum Gasteiger partial charge on any atom is 0.319 e. The number of rotatable bonds is 7. The van der Waals surface area contributed by atoms with Gasteiger partial charge in [-0.2, -0.15) is 0 Å². The minimum atomic E-state index is -3.78. The highest BCUT2D eigenvalue weighted by Gasteiger charge is 2.35. The zero-order valence-corrected chi connectivity index (χ0v) is 18.4. The number of benzene rings is 1. The van der Waals surface area contributed by atoms with Crippen LogP contribution in [0.15, 0.2) is 29.2 Å². The second-order valence-electron chi connectivity index (χ2n) is 8.00. The summed E-state index contributed by atoms with van der Waals surface area (Å²) in [5.74, 6) is -0.585. The monoisotopic (exact) mass is 442 g/mol. The van der Waals surface area contributed by atoms with Gasteiger partial charge in [0.15, 0.2) is 0 Å². The second kappa shape index (κ2) is 10.0. The third kappa shape index (κ3) is 5.69. The highest BCUT2D eigenvalue weighted by Crippen LogP contribution is 2.23. The van der Waals surface area contributed by atoms with E-state index in [4.69, 9.17) is 4.74 Å². The van der Waals surface area contributed by atoms with Crippen molar-refractivity contribution >= 4 is 16.1 Å². The smallest absolute Gasteiger partial charge is 0.319 e. The lowest BCUT2D eigenvalue weighted by Gasteiger charge is -2.38. The molecule has 3 rings (SSSR count). The molecule has 0 aromatic heterocycles. The van der Waals surface area contributed by atoms with E-state index in [1.165, 1.54) is 18.2 Å². The molecule has 2 heterocycles. The number of amides is 2. The van der Waals surface area contributed by atoms with Crippen LogP contribution in [0, 0.1) is 5.82 Å². The Labute approximate surface area is 178 Å². The summed E-state index contributed by atoms with van der Waals surface area (Å²) in [4.78, 5) is 18.0. The van der Waals surface area contributed by atoms with Crippen molar-refractivity contribution in [3.8, 4) is 0 Å². The van der Waals surface area contributed by atoms with E-state index in [0.29, 0.717) is 32.8 Å². The number of nitrogens with zero attached hydrogens (tertiary/aromatic N) is 3. The first-order valence-electron chi connectivity index (χ1n) is 10.3. The van der Waals surface area contributed by atoms with E-state index in [0.717, 1.165) is 25.3 Å². The Balaban J connectivity index is 1.64. The van der Waals surface area contributed by atoms with Crippen LogP contribution < -0.4 is 4.72 Å². The predicted octanol–water partition coefficient (Wildman–Crippen LogP) is 1.34. The Morgan fingerprint density at radius 2 is 1.97 bits per heavy atom. The molecular formula is C20H31FN4O4S. The van der Waals surface area contributed by atoms with Crippen LogP contribution in [-0.4, -0.2) is 94.7 Å². The standard InChI is InChI=1S/C20H31FN4O4S/c1-23(2)20(26)24-10-6-18(15-24)25(17-7-12-29-13-8-17)11-9-22-30(27,28)19-5-3-4-16(21)14-19/h3-5,14,17-18,22H,6-13,15H2,1-2H3. The molecule has 2 fully saturated rings. The highest BCUT2D eigenvalue weighted by molar-refractivity contribution is 7.89. The summed E-state index contributed by atoms with van der Waals surface area (Å²) < 4.78 is 46.5. The number of carbonyl (C=O) groups excluding carboxylic acids is 1. The van der Waals surface area contributed by atoms with Gasteiger partial charge in [0.05, 0.1) is 4.90 Å². The lowest BCUT2D eigenvalue weighted by Crippen LogP contribution is -2.50. The summed E-state index contributed by atoms with van der Waals surface area (Å²) in [5, 5.41) is 0. The topological polar surface area (TPSA) is 82.2 Å². The minimum absolute atomic E-state index is 0.00349. The summed E-state index contributed by atoms with van der Waals surface area (Å²) in [5.41, 5.74) is 0. The molecule has 2 aliphatic heterocycles. The molecule has 1 N–H and O–H groups in total. The van der Waals surface area contributed by atoms with Crippen LogP contribution in [0.3, 0.4) is 0 Å². The molecule has 0 radical (unpaired) electrons. The van der Waals surface area contributed by atoms with E-state index in [1.54, 1.807) is 19.0 Å². The van der Waals surface area contributed by atoms with Gasteiger partial charge in [-0.3, -0.25) is 4.90 Å². The van der Waals surface area contributed by atoms with Gasteiger partial charge < -0.3 is 14.5 Å². The molecule has 1 unspecified atom stereocenters. The van der Waals surface area contributed by atoms with Gasteiger partial charge in [0.2, 0.25) is 10.0 Å². The van der Waals surface area contributed by atoms with Gasteiger partial charge in [-0.15, -0.1) is 0 Å². The molecule has 0 saturated carbocycles. The molecule has 0 aliphatic carbocycles. The third-order valence-corrected chi connectivity index (χ3v) is 7.17. The Kier molecular flexibility index (Phi) is 7.67. The Morgan fingerprint density at radius 3 is 2.63 bits per heavy atom. The first kappa shape index (κ1) is 22.9. The number of carbonyl (C=O) groups is 1. The first-order valence-corrected chi connectivity index (χ1v) is 11.8. The van der Waals surface area contributed by atoms with Gasteiger partial charge >= 0.3 is 6.03 Å². The molecule has 1 aromatic rings. The van der Waals surface area contributed by atoms with Crippen molar-refractivity contribution in [2.24, 2.45) is 0 Å². The van der Waals surface area contributed by atoms with E-state index in [1.807, 2.05) is 4.90 Å². The first-order chi connectivity index (χ1) is 14.3. The van der Waals surface area contributed by atoms with Crippen molar-refractivity contribution < 1.29 is 22.3 Å². The van der Waals surface area contributed by atoms with Crippen molar-refractivity contribution in [3.05, 3.63) is 30.1 Å². The van der Waals surface area contributed by atoms with Gasteiger partial charge in [-0.05, 0) is 37.5 Å². The van der Waals surface area contributed by atoms with E-state index in [2.05, 4.69) is 9.62 Å². The quantitative estimate of drug-likeness (QED) is 0.689. The van der Waals surface area contributed by atoms with Crippen LogP contribution in [-0.2, 0) is 14.8 Å². The number of hydrogen-bond donors (Lipinski definition) is 1. The molecule has 168 valence electrons. The van der Waals surface area contributed by atoms with Gasteiger partial charge in [0.25, 0.3) is 0 Å². The average Bonchev–Trinajstić information content (AvgIpc) is 3.21. The molecule has 8 nitrogen and oxygen atoms in total. The van der Waals surface area contributed by atoms with Crippen LogP contribution in [0.1, 0.15) is 19.3 Å². The zero-order chi connectivity index (χ0) is 21.7. The summed E-state index contributed by atoms with van der Waals surface area (Å²) in [6.07, 6.45) is 2.62. The van der Waals surface area contributed by atoms with Crippen molar-refractivity contribution in [1.82, 2.24) is 19.4 Å². The largest absolute Gasteiger partial charge is 0.381 e. The lowest BCUT2D eigenvalue weighted by atomic mass is 10.0. The molecule has 1 aromatic carbocycles. The van der Waals surface area contributed by atoms with Gasteiger partial charge in [0.1, 0.15) is 5.82 Å². The average molecular weight is 443 g/mol. The maximum absolute atomic E-state index is 13.4. The Morgan fingerprint density at radius 1 is 1.23 bits per heavy atom. The lowest BCUT2D eigenvalue weighted by molar-refractivity contribution is 0.0193. The van der Waals surface area contributed by atoms with Crippen molar-refractivity contribution in [2.45, 2.75) is 36.2 Å². The van der Waals surface area contributed by atoms with Crippen molar-refractivity contribution in [3.63, 3.8) is 0 Å². The third-order valence-electron chi connectivity index (χ3n) is 5.71. The van der Waals surface area contributed by atoms with Crippen molar-refractivity contribution in [2.75, 3.05) is 53.5 Å². The van der Waals surface area contributed by atoms with Crippen LogP contribution in [0.5, 0.6) is 0 Å². The predicted molar refractivity (Wildman–Crippen MR) is 111 cm³/mol. The van der Waals surface area contributed by atoms with E-state index in [9.17, 15) is 17.6 Å². The second-order valence-corrected chi connectivity index (χ2v) is 9.77. The maximum atomic E-state index is 13.4. The summed E-state index contributed by atoms with van der Waals surface area (Å²) in [6, 6.07) is 5.45. The molecule has 1 atom stereocenters. The molecule has 2 amide bonds. The van der Waals surface area contributed by atoms with E-state index in [-0.39, 0.29) is 29.6 Å². The number of likely N-dealkylation sites (tertiary alicyclic amines) is 1. The number of urea groups is 1. The van der Waals surface area contributed by atoms with Crippen LogP contribution in [0.4, 0.5) is 9.18 Å². The molecule has 0 bridgehead atoms. The fraction of sp³-hybridized carbons (Fsp3) is 0.650. The minimum Gasteiger partial charge on any atom is -0.381 e. The number of sulfonamides is 1. The fourth-order valence-electron chi connectivity index (χ4n) is 4.18. The Bertz CT molecular complexity index is 830. The number of hydrogen-bond acceptors (Lipinski definition) is 5. The van der Waals surface area contributed by atoms with Crippen LogP contribution in [0.2, 0.25) is 0 Å². The molecule has 0 spiro atoms. The molecule has 2 saturated heterocycles. The fourth-order valence-corrected chi connectivity index (χ4v) is 5.23. The number of ether oxygens (including phenoxy) is 1. The number of nitrogens with one attached hydrogen (secondary N) is 1. The molecular weight excluding hydrogens is 411 g/mol. The van der Waals surface area contributed by atoms with Gasteiger partial charge in [-0.1, -0.05) is 6.07 Å². The summed E-state index contributed by atoms with van der Waals surface area (Å²) >= 11 is 0. The molecule has 10 heteroatoms. The van der Waals surface area contributed by atoms with E-state index >= 15 is 0 Å². The summed E-state index contributed by atoms with van der Waals surface area (Å²) in [7, 11) is -0.294. The SMILES string of the molecule is CN(C)C(=O)N1CCC(N(CCNS(=O)(=O)c2cccc(F)c2)C2CCOCC2)C1. The van der Waals surface area contributed by atoms with Gasteiger partial charge in [-0.25, -0.2) is 22.3 Å². The number of halogens is 1. The van der Waals surface area contributed by atoms with Crippen LogP contribution in [0.25, 0.3) is 0 Å². The Hall–Kier alpha value is -1.75. The van der Waals surface area contributed by atoms with Crippen LogP contribution >= 0.6 is 0 Å². The molecule has 2 aliphatic rings. The van der Waals surface area contributed by atoms with Gasteiger partial charge in [0, 0.05) is 65.6 Å².